The predicted molar refractivity (Wildman–Crippen MR) is 191 cm³/mol. The van der Waals surface area contributed by atoms with Crippen LogP contribution in [-0.4, -0.2) is 9.97 Å². The highest BCUT2D eigenvalue weighted by Gasteiger charge is 2.19. The summed E-state index contributed by atoms with van der Waals surface area (Å²) in [6, 6.07) is 49.7. The predicted octanol–water partition coefficient (Wildman–Crippen LogP) is 9.75. The second kappa shape index (κ2) is 10.7. The third kappa shape index (κ3) is 4.56. The SMILES string of the molecule is C1=c2sc3c(-c4ccc5c(ccc6ccccc65)c4)cccc3c2=CC(c2nc(-c3ccccc3)cc(-c3ccccc3)n2)C1. The number of fused-ring (bicyclic) bond motifs is 6. The van der Waals surface area contributed by atoms with Crippen LogP contribution in [0, 0.1) is 0 Å². The van der Waals surface area contributed by atoms with Crippen molar-refractivity contribution in [3.63, 3.8) is 0 Å². The first-order valence-electron chi connectivity index (χ1n) is 15.4. The molecule has 6 aromatic carbocycles. The van der Waals surface area contributed by atoms with Gasteiger partial charge in [0, 0.05) is 31.7 Å². The Morgan fingerprint density at radius 3 is 1.98 bits per heavy atom. The van der Waals surface area contributed by atoms with E-state index >= 15 is 0 Å². The lowest BCUT2D eigenvalue weighted by Crippen LogP contribution is -2.24. The minimum absolute atomic E-state index is 0.0963. The zero-order valence-electron chi connectivity index (χ0n) is 24.5. The van der Waals surface area contributed by atoms with Crippen molar-refractivity contribution in [1.29, 1.82) is 0 Å². The summed E-state index contributed by atoms with van der Waals surface area (Å²) in [6.45, 7) is 0. The Labute approximate surface area is 265 Å². The monoisotopic (exact) mass is 592 g/mol. The second-order valence-electron chi connectivity index (χ2n) is 11.7. The van der Waals surface area contributed by atoms with Crippen LogP contribution in [0.25, 0.3) is 77.4 Å². The molecule has 0 radical (unpaired) electrons. The average Bonchev–Trinajstić information content (AvgIpc) is 3.50. The van der Waals surface area contributed by atoms with E-state index in [1.807, 2.05) is 23.5 Å². The van der Waals surface area contributed by atoms with Crippen molar-refractivity contribution in [3.05, 3.63) is 155 Å². The Balaban J connectivity index is 1.17. The number of hydrogen-bond acceptors (Lipinski definition) is 3. The van der Waals surface area contributed by atoms with Crippen molar-refractivity contribution in [2.45, 2.75) is 12.3 Å². The lowest BCUT2D eigenvalue weighted by Gasteiger charge is -2.15. The van der Waals surface area contributed by atoms with Crippen LogP contribution in [0.5, 0.6) is 0 Å². The van der Waals surface area contributed by atoms with E-state index in [0.29, 0.717) is 0 Å². The van der Waals surface area contributed by atoms with Crippen LogP contribution in [0.2, 0.25) is 0 Å². The van der Waals surface area contributed by atoms with E-state index in [-0.39, 0.29) is 5.92 Å². The molecule has 0 bridgehead atoms. The smallest absolute Gasteiger partial charge is 0.136 e. The largest absolute Gasteiger partial charge is 0.232 e. The zero-order chi connectivity index (χ0) is 29.7. The normalized spacial score (nSPS) is 14.3. The molecule has 2 nitrogen and oxygen atoms in total. The van der Waals surface area contributed by atoms with Crippen LogP contribution < -0.4 is 9.75 Å². The van der Waals surface area contributed by atoms with E-state index < -0.39 is 0 Å². The van der Waals surface area contributed by atoms with Gasteiger partial charge in [-0.15, -0.1) is 11.3 Å². The molecule has 9 rings (SSSR count). The van der Waals surface area contributed by atoms with Gasteiger partial charge in [-0.1, -0.05) is 140 Å². The number of hydrogen-bond donors (Lipinski definition) is 0. The summed E-state index contributed by atoms with van der Waals surface area (Å²) in [7, 11) is 0. The molecule has 2 aromatic heterocycles. The molecule has 0 saturated heterocycles. The Hall–Kier alpha value is -5.38. The highest BCUT2D eigenvalue weighted by atomic mass is 32.1. The second-order valence-corrected chi connectivity index (χ2v) is 12.8. The van der Waals surface area contributed by atoms with E-state index in [1.54, 1.807) is 0 Å². The Bertz CT molecular complexity index is 2460. The number of rotatable bonds is 4. The summed E-state index contributed by atoms with van der Waals surface area (Å²) in [5, 5.41) is 7.75. The highest BCUT2D eigenvalue weighted by molar-refractivity contribution is 7.17. The summed E-state index contributed by atoms with van der Waals surface area (Å²) in [5.74, 6) is 0.966. The van der Waals surface area contributed by atoms with Crippen LogP contribution in [0.3, 0.4) is 0 Å². The maximum atomic E-state index is 5.15. The van der Waals surface area contributed by atoms with E-state index in [1.165, 1.54) is 52.5 Å². The van der Waals surface area contributed by atoms with Crippen LogP contribution in [-0.2, 0) is 0 Å². The van der Waals surface area contributed by atoms with Crippen LogP contribution in [0.4, 0.5) is 0 Å². The molecule has 2 heterocycles. The van der Waals surface area contributed by atoms with Crippen molar-refractivity contribution in [1.82, 2.24) is 9.97 Å². The van der Waals surface area contributed by atoms with Gasteiger partial charge in [-0.05, 0) is 56.4 Å². The van der Waals surface area contributed by atoms with Crippen molar-refractivity contribution < 1.29 is 0 Å². The molecule has 3 heteroatoms. The minimum atomic E-state index is 0.0963. The lowest BCUT2D eigenvalue weighted by molar-refractivity contribution is 0.826. The molecule has 1 aliphatic carbocycles. The van der Waals surface area contributed by atoms with Crippen molar-refractivity contribution in [2.75, 3.05) is 0 Å². The van der Waals surface area contributed by atoms with Gasteiger partial charge < -0.3 is 0 Å². The maximum Gasteiger partial charge on any atom is 0.136 e. The Morgan fingerprint density at radius 1 is 0.533 bits per heavy atom. The molecular weight excluding hydrogens is 565 g/mol. The van der Waals surface area contributed by atoms with E-state index in [4.69, 9.17) is 9.97 Å². The summed E-state index contributed by atoms with van der Waals surface area (Å²) >= 11 is 1.90. The molecule has 0 aliphatic heterocycles. The van der Waals surface area contributed by atoms with Gasteiger partial charge in [0.15, 0.2) is 0 Å². The third-order valence-corrected chi connectivity index (χ3v) is 10.2. The third-order valence-electron chi connectivity index (χ3n) is 8.98. The fourth-order valence-electron chi connectivity index (χ4n) is 6.72. The number of nitrogens with zero attached hydrogens (tertiary/aromatic N) is 2. The first-order chi connectivity index (χ1) is 22.3. The molecular formula is C42H28N2S. The molecule has 1 aliphatic rings. The van der Waals surface area contributed by atoms with Gasteiger partial charge in [-0.2, -0.15) is 0 Å². The van der Waals surface area contributed by atoms with Gasteiger partial charge in [-0.25, -0.2) is 9.97 Å². The van der Waals surface area contributed by atoms with Crippen molar-refractivity contribution >= 4 is 55.1 Å². The van der Waals surface area contributed by atoms with Gasteiger partial charge in [-0.3, -0.25) is 0 Å². The average molecular weight is 593 g/mol. The van der Waals surface area contributed by atoms with Crippen LogP contribution in [0.15, 0.2) is 140 Å². The summed E-state index contributed by atoms with van der Waals surface area (Å²) < 4.78 is 2.67. The van der Waals surface area contributed by atoms with Gasteiger partial charge in [0.25, 0.3) is 0 Å². The first-order valence-corrected chi connectivity index (χ1v) is 16.3. The molecule has 0 spiro atoms. The summed E-state index contributed by atoms with van der Waals surface area (Å²) in [5.41, 5.74) is 6.67. The molecule has 1 unspecified atom stereocenters. The standard InChI is InChI=1S/C42H28N2S/c1-3-11-28(12-4-1)38-26-39(29-13-5-2-6-14-29)44-42(43-38)32-21-23-40-37(25-32)36-17-9-16-35(41(36)45-40)31-20-22-34-30(24-31)19-18-27-10-7-8-15-33(27)34/h1-20,22-26,32H,21H2. The van der Waals surface area contributed by atoms with E-state index in [0.717, 1.165) is 34.8 Å². The summed E-state index contributed by atoms with van der Waals surface area (Å²) in [6.07, 6.45) is 5.68. The van der Waals surface area contributed by atoms with Crippen molar-refractivity contribution in [3.8, 4) is 33.6 Å². The molecule has 0 fully saturated rings. The molecule has 45 heavy (non-hydrogen) atoms. The lowest BCUT2D eigenvalue weighted by atomic mass is 9.95. The van der Waals surface area contributed by atoms with Crippen LogP contribution in [0.1, 0.15) is 18.2 Å². The quantitative estimate of drug-likeness (QED) is 0.190. The first kappa shape index (κ1) is 26.1. The Morgan fingerprint density at radius 2 is 1.20 bits per heavy atom. The number of benzene rings is 6. The van der Waals surface area contributed by atoms with Gasteiger partial charge in [0.05, 0.1) is 11.4 Å². The Kier molecular flexibility index (Phi) is 6.17. The molecule has 0 N–H and O–H groups in total. The molecule has 8 aromatic rings. The summed E-state index contributed by atoms with van der Waals surface area (Å²) in [4.78, 5) is 10.3. The van der Waals surface area contributed by atoms with Crippen molar-refractivity contribution in [2.24, 2.45) is 0 Å². The zero-order valence-corrected chi connectivity index (χ0v) is 25.3. The fraction of sp³-hybridized carbons (Fsp3) is 0.0476. The topological polar surface area (TPSA) is 25.8 Å². The highest BCUT2D eigenvalue weighted by Crippen LogP contribution is 2.35. The molecule has 1 atom stereocenters. The van der Waals surface area contributed by atoms with Gasteiger partial charge in [0.1, 0.15) is 5.82 Å². The van der Waals surface area contributed by atoms with Gasteiger partial charge in [0.2, 0.25) is 0 Å². The molecule has 0 saturated carbocycles. The van der Waals surface area contributed by atoms with Gasteiger partial charge >= 0.3 is 0 Å². The number of thiophene rings is 1. The van der Waals surface area contributed by atoms with E-state index in [9.17, 15) is 0 Å². The molecule has 0 amide bonds. The maximum absolute atomic E-state index is 5.15. The van der Waals surface area contributed by atoms with E-state index in [2.05, 4.69) is 140 Å². The van der Waals surface area contributed by atoms with Crippen LogP contribution >= 0.6 is 11.3 Å². The fourth-order valence-corrected chi connectivity index (χ4v) is 7.99. The minimum Gasteiger partial charge on any atom is -0.232 e. The molecule has 212 valence electrons. The number of aromatic nitrogens is 2.